The second-order valence-corrected chi connectivity index (χ2v) is 6.61. The van der Waals surface area contributed by atoms with Gasteiger partial charge in [-0.05, 0) is 44.0 Å². The van der Waals surface area contributed by atoms with Gasteiger partial charge in [0.05, 0.1) is 19.3 Å². The van der Waals surface area contributed by atoms with Gasteiger partial charge in [0.2, 0.25) is 0 Å². The molecule has 0 unspecified atom stereocenters. The molecule has 0 saturated carbocycles. The Kier molecular flexibility index (Phi) is 8.52. The van der Waals surface area contributed by atoms with Gasteiger partial charge in [-0.2, -0.15) is 0 Å². The lowest BCUT2D eigenvalue weighted by Gasteiger charge is -2.19. The number of nitrogens with one attached hydrogen (secondary N) is 1. The highest BCUT2D eigenvalue weighted by Crippen LogP contribution is 2.28. The van der Waals surface area contributed by atoms with Gasteiger partial charge in [0.1, 0.15) is 0 Å². The predicted octanol–water partition coefficient (Wildman–Crippen LogP) is 3.95. The van der Waals surface area contributed by atoms with Gasteiger partial charge >= 0.3 is 5.97 Å². The maximum Gasteiger partial charge on any atom is 0.339 e. The summed E-state index contributed by atoms with van der Waals surface area (Å²) in [5.41, 5.74) is 1.46. The number of ether oxygens (including phenoxy) is 3. The van der Waals surface area contributed by atoms with Crippen LogP contribution in [0.15, 0.2) is 48.5 Å². The number of methoxy groups -OCH3 is 1. The van der Waals surface area contributed by atoms with Crippen molar-refractivity contribution in [2.24, 2.45) is 0 Å². The molecule has 0 fully saturated rings. The highest BCUT2D eigenvalue weighted by Gasteiger charge is 2.21. The fraction of sp³-hybridized carbons (Fsp3) is 0.391. The smallest absolute Gasteiger partial charge is 0.339 e. The zero-order valence-electron chi connectivity index (χ0n) is 17.4. The summed E-state index contributed by atoms with van der Waals surface area (Å²) in [6.07, 6.45) is -0.0157. The maximum atomic E-state index is 12.4. The van der Waals surface area contributed by atoms with Crippen LogP contribution < -0.4 is 14.8 Å². The molecule has 6 heteroatoms. The molecular weight excluding hydrogens is 370 g/mol. The van der Waals surface area contributed by atoms with E-state index < -0.39 is 12.1 Å². The minimum atomic E-state index is -0.909. The van der Waals surface area contributed by atoms with Crippen LogP contribution in [0.5, 0.6) is 11.5 Å². The van der Waals surface area contributed by atoms with E-state index in [-0.39, 0.29) is 11.8 Å². The summed E-state index contributed by atoms with van der Waals surface area (Å²) >= 11 is 0. The summed E-state index contributed by atoms with van der Waals surface area (Å²) in [6, 6.07) is 14.8. The van der Waals surface area contributed by atoms with Gasteiger partial charge in [-0.15, -0.1) is 0 Å². The summed E-state index contributed by atoms with van der Waals surface area (Å²) in [5, 5.41) is 2.88. The van der Waals surface area contributed by atoms with E-state index in [4.69, 9.17) is 14.2 Å². The summed E-state index contributed by atoms with van der Waals surface area (Å²) < 4.78 is 16.0. The molecule has 0 heterocycles. The van der Waals surface area contributed by atoms with Gasteiger partial charge in [-0.1, -0.05) is 37.3 Å². The number of hydrogen-bond acceptors (Lipinski definition) is 5. The van der Waals surface area contributed by atoms with E-state index in [1.54, 1.807) is 25.1 Å². The number of benzene rings is 2. The predicted molar refractivity (Wildman–Crippen MR) is 112 cm³/mol. The molecule has 6 nitrogen and oxygen atoms in total. The van der Waals surface area contributed by atoms with Crippen LogP contribution in [0.2, 0.25) is 0 Å². The number of rotatable bonds is 10. The van der Waals surface area contributed by atoms with Gasteiger partial charge in [0.25, 0.3) is 5.91 Å². The Balaban J connectivity index is 1.94. The molecule has 0 radical (unpaired) electrons. The van der Waals surface area contributed by atoms with Crippen molar-refractivity contribution >= 4 is 11.9 Å². The topological polar surface area (TPSA) is 73.9 Å². The molecule has 2 atom stereocenters. The fourth-order valence-corrected chi connectivity index (χ4v) is 2.94. The van der Waals surface area contributed by atoms with E-state index in [1.807, 2.05) is 37.3 Å². The quantitative estimate of drug-likeness (QED) is 0.613. The molecule has 1 amide bonds. The molecule has 0 aliphatic rings. The summed E-state index contributed by atoms with van der Waals surface area (Å²) in [6.45, 7) is 6.47. The molecule has 2 aromatic rings. The van der Waals surface area contributed by atoms with Crippen molar-refractivity contribution in [2.45, 2.75) is 39.2 Å². The first-order valence-corrected chi connectivity index (χ1v) is 9.84. The van der Waals surface area contributed by atoms with Crippen molar-refractivity contribution in [3.63, 3.8) is 0 Å². The highest BCUT2D eigenvalue weighted by molar-refractivity contribution is 5.92. The van der Waals surface area contributed by atoms with Gasteiger partial charge in [0.15, 0.2) is 17.6 Å². The molecule has 2 aromatic carbocycles. The van der Waals surface area contributed by atoms with Crippen LogP contribution in [-0.2, 0) is 9.53 Å². The number of esters is 1. The third-order valence-electron chi connectivity index (χ3n) is 4.64. The van der Waals surface area contributed by atoms with E-state index in [0.29, 0.717) is 30.2 Å². The monoisotopic (exact) mass is 399 g/mol. The number of carbonyl (C=O) groups is 2. The molecule has 2 rings (SSSR count). The first kappa shape index (κ1) is 22.3. The molecule has 156 valence electrons. The fourth-order valence-electron chi connectivity index (χ4n) is 2.94. The van der Waals surface area contributed by atoms with Crippen LogP contribution in [0.1, 0.15) is 49.0 Å². The van der Waals surface area contributed by atoms with Gasteiger partial charge in [-0.25, -0.2) is 4.79 Å². The molecule has 0 spiro atoms. The van der Waals surface area contributed by atoms with E-state index in [2.05, 4.69) is 12.2 Å². The Morgan fingerprint density at radius 1 is 1.03 bits per heavy atom. The highest BCUT2D eigenvalue weighted by atomic mass is 16.5. The third kappa shape index (κ3) is 6.24. The van der Waals surface area contributed by atoms with Gasteiger partial charge in [-0.3, -0.25) is 4.79 Å². The van der Waals surface area contributed by atoms with Crippen LogP contribution in [0.25, 0.3) is 0 Å². The van der Waals surface area contributed by atoms with Crippen LogP contribution in [0.3, 0.4) is 0 Å². The molecule has 0 saturated heterocycles. The normalized spacial score (nSPS) is 12.6. The zero-order valence-corrected chi connectivity index (χ0v) is 17.4. The molecule has 0 bridgehead atoms. The van der Waals surface area contributed by atoms with Crippen molar-refractivity contribution in [2.75, 3.05) is 20.3 Å². The molecule has 1 N–H and O–H groups in total. The number of amides is 1. The first-order chi connectivity index (χ1) is 14.0. The van der Waals surface area contributed by atoms with Crippen molar-refractivity contribution in [1.82, 2.24) is 5.32 Å². The number of carbonyl (C=O) groups excluding carboxylic acids is 2. The summed E-state index contributed by atoms with van der Waals surface area (Å²) in [4.78, 5) is 24.8. The van der Waals surface area contributed by atoms with Crippen LogP contribution in [-0.4, -0.2) is 38.2 Å². The Bertz CT molecular complexity index is 806. The molecule has 0 aromatic heterocycles. The van der Waals surface area contributed by atoms with E-state index in [1.165, 1.54) is 12.7 Å². The van der Waals surface area contributed by atoms with Gasteiger partial charge in [0, 0.05) is 12.5 Å². The third-order valence-corrected chi connectivity index (χ3v) is 4.64. The first-order valence-electron chi connectivity index (χ1n) is 9.84. The van der Waals surface area contributed by atoms with E-state index >= 15 is 0 Å². The lowest BCUT2D eigenvalue weighted by molar-refractivity contribution is -0.129. The van der Waals surface area contributed by atoms with E-state index in [9.17, 15) is 9.59 Å². The van der Waals surface area contributed by atoms with Gasteiger partial charge < -0.3 is 19.5 Å². The average Bonchev–Trinajstić information content (AvgIpc) is 2.75. The van der Waals surface area contributed by atoms with E-state index in [0.717, 1.165) is 6.42 Å². The average molecular weight is 399 g/mol. The molecular formula is C23H29NO5. The molecule has 29 heavy (non-hydrogen) atoms. The lowest BCUT2D eigenvalue weighted by Crippen LogP contribution is -2.38. The van der Waals surface area contributed by atoms with Crippen molar-refractivity contribution in [3.8, 4) is 11.5 Å². The Morgan fingerprint density at radius 3 is 2.38 bits per heavy atom. The van der Waals surface area contributed by atoms with Crippen molar-refractivity contribution < 1.29 is 23.8 Å². The Labute approximate surface area is 172 Å². The molecule has 0 aliphatic carbocycles. The second kappa shape index (κ2) is 11.1. The second-order valence-electron chi connectivity index (χ2n) is 6.61. The number of hydrogen-bond donors (Lipinski definition) is 1. The van der Waals surface area contributed by atoms with Crippen LogP contribution in [0, 0.1) is 0 Å². The minimum absolute atomic E-state index is 0.207. The largest absolute Gasteiger partial charge is 0.493 e. The Morgan fingerprint density at radius 2 is 1.76 bits per heavy atom. The minimum Gasteiger partial charge on any atom is -0.493 e. The summed E-state index contributed by atoms with van der Waals surface area (Å²) in [7, 11) is 1.50. The van der Waals surface area contributed by atoms with Crippen molar-refractivity contribution in [1.29, 1.82) is 0 Å². The summed E-state index contributed by atoms with van der Waals surface area (Å²) in [5.74, 6) is 0.268. The Hall–Kier alpha value is -3.02. The van der Waals surface area contributed by atoms with Crippen LogP contribution >= 0.6 is 0 Å². The SMILES string of the molecule is CCOc1ccc(C(=O)O[C@@H](C)C(=O)NC[C@H](CC)c2ccccc2)cc1OC. The van der Waals surface area contributed by atoms with Crippen LogP contribution in [0.4, 0.5) is 0 Å². The lowest BCUT2D eigenvalue weighted by atomic mass is 9.96. The zero-order chi connectivity index (χ0) is 21.2. The van der Waals surface area contributed by atoms with Crippen molar-refractivity contribution in [3.05, 3.63) is 59.7 Å². The molecule has 0 aliphatic heterocycles. The standard InChI is InChI=1S/C23H29NO5/c1-5-17(18-10-8-7-9-11-18)15-24-22(25)16(3)29-23(26)19-12-13-20(28-6-2)21(14-19)27-4/h7-14,16-17H,5-6,15H2,1-4H3,(H,24,25)/t16-,17-/m0/s1. The maximum absolute atomic E-state index is 12.4.